The molecular weight excluding hydrogens is 234 g/mol. The Morgan fingerprint density at radius 1 is 1.18 bits per heavy atom. The zero-order valence-corrected chi connectivity index (χ0v) is 11.4. The summed E-state index contributed by atoms with van der Waals surface area (Å²) in [6, 6.07) is 0. The predicted octanol–water partition coefficient (Wildman–Crippen LogP) is 2.82. The Labute approximate surface area is 108 Å². The standard InChI is InChI=1S/C12H21N3OS/c1-16-11-9-14-12(15-10-11)13-7-5-3-4-6-8-17-2/h9-10H,3-8H2,1-2H3,(H,13,14,15). The molecule has 5 heteroatoms. The van der Waals surface area contributed by atoms with Crippen LogP contribution in [0.25, 0.3) is 0 Å². The number of hydrogen-bond donors (Lipinski definition) is 1. The van der Waals surface area contributed by atoms with Gasteiger partial charge in [-0.1, -0.05) is 12.8 Å². The number of anilines is 1. The lowest BCUT2D eigenvalue weighted by Crippen LogP contribution is -2.05. The van der Waals surface area contributed by atoms with Gasteiger partial charge >= 0.3 is 0 Å². The predicted molar refractivity (Wildman–Crippen MR) is 73.9 cm³/mol. The van der Waals surface area contributed by atoms with E-state index in [0.717, 1.165) is 6.54 Å². The highest BCUT2D eigenvalue weighted by Gasteiger charge is 1.96. The minimum absolute atomic E-state index is 0.676. The number of hydrogen-bond acceptors (Lipinski definition) is 5. The topological polar surface area (TPSA) is 47.0 Å². The van der Waals surface area contributed by atoms with E-state index in [-0.39, 0.29) is 0 Å². The van der Waals surface area contributed by atoms with Gasteiger partial charge in [-0.05, 0) is 24.9 Å². The largest absolute Gasteiger partial charge is 0.494 e. The van der Waals surface area contributed by atoms with Crippen LogP contribution in [0.3, 0.4) is 0 Å². The molecule has 0 spiro atoms. The average Bonchev–Trinajstić information content (AvgIpc) is 2.38. The molecule has 0 aliphatic carbocycles. The third-order valence-electron chi connectivity index (χ3n) is 2.42. The molecule has 0 saturated carbocycles. The SMILES string of the molecule is COc1cnc(NCCCCCCSC)nc1. The van der Waals surface area contributed by atoms with Crippen LogP contribution >= 0.6 is 11.8 Å². The smallest absolute Gasteiger partial charge is 0.222 e. The number of nitrogens with zero attached hydrogens (tertiary/aromatic N) is 2. The van der Waals surface area contributed by atoms with E-state index in [9.17, 15) is 0 Å². The van der Waals surface area contributed by atoms with Gasteiger partial charge in [0.2, 0.25) is 5.95 Å². The first kappa shape index (κ1) is 14.1. The van der Waals surface area contributed by atoms with Crippen LogP contribution in [0.15, 0.2) is 12.4 Å². The van der Waals surface area contributed by atoms with Gasteiger partial charge in [-0.2, -0.15) is 11.8 Å². The van der Waals surface area contributed by atoms with Crippen molar-refractivity contribution >= 4 is 17.7 Å². The van der Waals surface area contributed by atoms with Crippen molar-refractivity contribution in [2.24, 2.45) is 0 Å². The van der Waals surface area contributed by atoms with Crippen LogP contribution < -0.4 is 10.1 Å². The van der Waals surface area contributed by atoms with Gasteiger partial charge in [0.05, 0.1) is 19.5 Å². The molecule has 4 nitrogen and oxygen atoms in total. The second-order valence-electron chi connectivity index (χ2n) is 3.78. The molecule has 1 aromatic heterocycles. The first-order chi connectivity index (χ1) is 8.36. The zero-order valence-electron chi connectivity index (χ0n) is 10.6. The number of thioether (sulfide) groups is 1. The fourth-order valence-corrected chi connectivity index (χ4v) is 1.93. The van der Waals surface area contributed by atoms with Crippen molar-refractivity contribution < 1.29 is 4.74 Å². The van der Waals surface area contributed by atoms with E-state index >= 15 is 0 Å². The van der Waals surface area contributed by atoms with Crippen molar-refractivity contribution in [1.29, 1.82) is 0 Å². The van der Waals surface area contributed by atoms with Crippen LogP contribution in [0.5, 0.6) is 5.75 Å². The Morgan fingerprint density at radius 3 is 2.53 bits per heavy atom. The summed E-state index contributed by atoms with van der Waals surface area (Å²) in [6.07, 6.45) is 10.6. The van der Waals surface area contributed by atoms with Gasteiger partial charge in [-0.25, -0.2) is 9.97 Å². The summed E-state index contributed by atoms with van der Waals surface area (Å²) in [5, 5.41) is 3.20. The van der Waals surface area contributed by atoms with Gasteiger partial charge in [-0.15, -0.1) is 0 Å². The summed E-state index contributed by atoms with van der Waals surface area (Å²) in [4.78, 5) is 8.29. The van der Waals surface area contributed by atoms with E-state index in [4.69, 9.17) is 4.74 Å². The quantitative estimate of drug-likeness (QED) is 0.688. The summed E-state index contributed by atoms with van der Waals surface area (Å²) in [5.74, 6) is 2.64. The maximum Gasteiger partial charge on any atom is 0.222 e. The van der Waals surface area contributed by atoms with Crippen molar-refractivity contribution in [3.8, 4) is 5.75 Å². The molecule has 0 aliphatic heterocycles. The van der Waals surface area contributed by atoms with Crippen LogP contribution in [0.2, 0.25) is 0 Å². The second kappa shape index (κ2) is 9.10. The second-order valence-corrected chi connectivity index (χ2v) is 4.77. The third-order valence-corrected chi connectivity index (χ3v) is 3.12. The van der Waals surface area contributed by atoms with Gasteiger partial charge < -0.3 is 10.1 Å². The molecule has 0 aliphatic rings. The minimum atomic E-state index is 0.676. The van der Waals surface area contributed by atoms with Crippen LogP contribution in [0.1, 0.15) is 25.7 Å². The fourth-order valence-electron chi connectivity index (χ4n) is 1.44. The maximum absolute atomic E-state index is 4.99. The summed E-state index contributed by atoms with van der Waals surface area (Å²) >= 11 is 1.92. The van der Waals surface area contributed by atoms with Crippen LogP contribution in [0.4, 0.5) is 5.95 Å². The lowest BCUT2D eigenvalue weighted by molar-refractivity contribution is 0.411. The number of aromatic nitrogens is 2. The highest BCUT2D eigenvalue weighted by molar-refractivity contribution is 7.98. The Hall–Kier alpha value is -0.970. The molecule has 1 heterocycles. The van der Waals surface area contributed by atoms with E-state index in [2.05, 4.69) is 21.5 Å². The molecule has 1 aromatic rings. The summed E-state index contributed by atoms with van der Waals surface area (Å²) in [7, 11) is 1.61. The summed E-state index contributed by atoms with van der Waals surface area (Å²) in [6.45, 7) is 0.936. The Morgan fingerprint density at radius 2 is 1.88 bits per heavy atom. The van der Waals surface area contributed by atoms with Crippen LogP contribution in [0, 0.1) is 0 Å². The Bertz CT molecular complexity index is 292. The van der Waals surface area contributed by atoms with Gasteiger partial charge in [0.25, 0.3) is 0 Å². The molecule has 0 amide bonds. The lowest BCUT2D eigenvalue weighted by Gasteiger charge is -2.05. The first-order valence-electron chi connectivity index (χ1n) is 5.95. The van der Waals surface area contributed by atoms with Crippen molar-refractivity contribution in [2.45, 2.75) is 25.7 Å². The molecule has 0 fully saturated rings. The molecule has 1 N–H and O–H groups in total. The Kier molecular flexibility index (Phi) is 7.54. The molecule has 0 unspecified atom stereocenters. The molecule has 0 radical (unpaired) electrons. The lowest BCUT2D eigenvalue weighted by atomic mass is 10.2. The number of ether oxygens (including phenoxy) is 1. The molecular formula is C12H21N3OS. The Balaban J connectivity index is 2.05. The van der Waals surface area contributed by atoms with Gasteiger partial charge in [-0.3, -0.25) is 0 Å². The molecule has 0 saturated heterocycles. The number of methoxy groups -OCH3 is 1. The normalized spacial score (nSPS) is 10.2. The molecule has 0 atom stereocenters. The average molecular weight is 255 g/mol. The third kappa shape index (κ3) is 6.36. The van der Waals surface area contributed by atoms with Crippen LogP contribution in [-0.4, -0.2) is 35.6 Å². The van der Waals surface area contributed by atoms with Crippen LogP contribution in [-0.2, 0) is 0 Å². The zero-order chi connectivity index (χ0) is 12.3. The number of rotatable bonds is 9. The van der Waals surface area contributed by atoms with Crippen molar-refractivity contribution in [1.82, 2.24) is 9.97 Å². The summed E-state index contributed by atoms with van der Waals surface area (Å²) < 4.78 is 4.99. The number of unbranched alkanes of at least 4 members (excludes halogenated alkanes) is 3. The molecule has 17 heavy (non-hydrogen) atoms. The minimum Gasteiger partial charge on any atom is -0.494 e. The van der Waals surface area contributed by atoms with Crippen molar-refractivity contribution in [3.05, 3.63) is 12.4 Å². The van der Waals surface area contributed by atoms with E-state index < -0.39 is 0 Å². The van der Waals surface area contributed by atoms with Crippen molar-refractivity contribution in [3.63, 3.8) is 0 Å². The van der Waals surface area contributed by atoms with Gasteiger partial charge in [0.1, 0.15) is 0 Å². The van der Waals surface area contributed by atoms with E-state index in [1.807, 2.05) is 11.8 Å². The fraction of sp³-hybridized carbons (Fsp3) is 0.667. The summed E-state index contributed by atoms with van der Waals surface area (Å²) in [5.41, 5.74) is 0. The molecule has 96 valence electrons. The highest BCUT2D eigenvalue weighted by atomic mass is 32.2. The molecule has 0 aromatic carbocycles. The van der Waals surface area contributed by atoms with Gasteiger partial charge in [0, 0.05) is 6.54 Å². The highest BCUT2D eigenvalue weighted by Crippen LogP contribution is 2.08. The maximum atomic E-state index is 4.99. The van der Waals surface area contributed by atoms with Gasteiger partial charge in [0.15, 0.2) is 5.75 Å². The van der Waals surface area contributed by atoms with E-state index in [1.54, 1.807) is 19.5 Å². The molecule has 1 rings (SSSR count). The van der Waals surface area contributed by atoms with E-state index in [0.29, 0.717) is 11.7 Å². The number of nitrogens with one attached hydrogen (secondary N) is 1. The first-order valence-corrected chi connectivity index (χ1v) is 7.35. The van der Waals surface area contributed by atoms with Crippen molar-refractivity contribution in [2.75, 3.05) is 31.0 Å². The van der Waals surface area contributed by atoms with E-state index in [1.165, 1.54) is 31.4 Å². The monoisotopic (exact) mass is 255 g/mol. The molecule has 0 bridgehead atoms.